The summed E-state index contributed by atoms with van der Waals surface area (Å²) in [6.07, 6.45) is -0.329. The van der Waals surface area contributed by atoms with E-state index in [-0.39, 0.29) is 6.29 Å². The number of pyridine rings is 1. The molecular weight excluding hydrogens is 202 g/mol. The Kier molecular flexibility index (Phi) is 2.26. The van der Waals surface area contributed by atoms with Gasteiger partial charge in [-0.25, -0.2) is 4.98 Å². The third kappa shape index (κ3) is 1.41. The van der Waals surface area contributed by atoms with Crippen molar-refractivity contribution in [3.8, 4) is 0 Å². The number of aromatic nitrogens is 1. The predicted molar refractivity (Wildman–Crippen MR) is 53.1 cm³/mol. The van der Waals surface area contributed by atoms with Crippen molar-refractivity contribution < 1.29 is 9.47 Å². The van der Waals surface area contributed by atoms with Crippen LogP contribution in [0.2, 0.25) is 5.15 Å². The molecule has 2 heterocycles. The molecule has 1 aromatic heterocycles. The van der Waals surface area contributed by atoms with E-state index >= 15 is 0 Å². The maximum atomic E-state index is 5.83. The van der Waals surface area contributed by atoms with Crippen molar-refractivity contribution in [2.45, 2.75) is 25.7 Å². The molecule has 0 radical (unpaired) electrons. The number of hydrogen-bond acceptors (Lipinski definition) is 3. The van der Waals surface area contributed by atoms with Crippen molar-refractivity contribution in [1.29, 1.82) is 0 Å². The molecule has 1 atom stereocenters. The molecule has 4 heteroatoms. The standard InChI is InChI=1S/C10H12ClNO2/c1-10(2)8-6(9(13-3)14-10)4-5-7(11)12-8/h4-5,9H,1-3H3. The van der Waals surface area contributed by atoms with E-state index in [9.17, 15) is 0 Å². The van der Waals surface area contributed by atoms with Crippen LogP contribution >= 0.6 is 11.6 Å². The quantitative estimate of drug-likeness (QED) is 0.672. The SMILES string of the molecule is COC1OC(C)(C)c2nc(Cl)ccc21. The lowest BCUT2D eigenvalue weighted by atomic mass is 10.0. The minimum Gasteiger partial charge on any atom is -0.352 e. The van der Waals surface area contributed by atoms with Crippen molar-refractivity contribution in [2.24, 2.45) is 0 Å². The van der Waals surface area contributed by atoms with Crippen LogP contribution < -0.4 is 0 Å². The molecule has 1 aliphatic rings. The molecule has 2 rings (SSSR count). The van der Waals surface area contributed by atoms with E-state index in [1.54, 1.807) is 13.2 Å². The van der Waals surface area contributed by atoms with Crippen LogP contribution in [0.15, 0.2) is 12.1 Å². The molecule has 0 saturated carbocycles. The first-order valence-corrected chi connectivity index (χ1v) is 4.80. The van der Waals surface area contributed by atoms with Gasteiger partial charge < -0.3 is 9.47 Å². The monoisotopic (exact) mass is 213 g/mol. The largest absolute Gasteiger partial charge is 0.352 e. The lowest BCUT2D eigenvalue weighted by Crippen LogP contribution is -2.17. The average molecular weight is 214 g/mol. The molecule has 1 aliphatic heterocycles. The van der Waals surface area contributed by atoms with Gasteiger partial charge in [0.25, 0.3) is 0 Å². The Balaban J connectivity index is 2.54. The van der Waals surface area contributed by atoms with Crippen molar-refractivity contribution in [1.82, 2.24) is 4.98 Å². The molecule has 1 aromatic rings. The molecule has 0 bridgehead atoms. The minimum absolute atomic E-state index is 0.329. The van der Waals surface area contributed by atoms with Gasteiger partial charge in [0, 0.05) is 12.7 Å². The fraction of sp³-hybridized carbons (Fsp3) is 0.500. The number of ether oxygens (including phenoxy) is 2. The first kappa shape index (κ1) is 9.90. The maximum Gasteiger partial charge on any atom is 0.186 e. The van der Waals surface area contributed by atoms with E-state index in [1.165, 1.54) is 0 Å². The molecule has 0 amide bonds. The van der Waals surface area contributed by atoms with Crippen molar-refractivity contribution in [3.63, 3.8) is 0 Å². The first-order valence-electron chi connectivity index (χ1n) is 4.42. The number of hydrogen-bond donors (Lipinski definition) is 0. The first-order chi connectivity index (χ1) is 6.54. The molecule has 76 valence electrons. The second kappa shape index (κ2) is 3.19. The summed E-state index contributed by atoms with van der Waals surface area (Å²) in [4.78, 5) is 4.27. The van der Waals surface area contributed by atoms with E-state index in [0.717, 1.165) is 11.3 Å². The van der Waals surface area contributed by atoms with E-state index in [2.05, 4.69) is 4.98 Å². The summed E-state index contributed by atoms with van der Waals surface area (Å²) in [5.41, 5.74) is 1.39. The van der Waals surface area contributed by atoms with Crippen LogP contribution in [-0.4, -0.2) is 12.1 Å². The highest BCUT2D eigenvalue weighted by Crippen LogP contribution is 2.42. The van der Waals surface area contributed by atoms with E-state index in [1.807, 2.05) is 19.9 Å². The van der Waals surface area contributed by atoms with Gasteiger partial charge >= 0.3 is 0 Å². The number of nitrogens with zero attached hydrogens (tertiary/aromatic N) is 1. The fourth-order valence-corrected chi connectivity index (χ4v) is 1.83. The van der Waals surface area contributed by atoms with Gasteiger partial charge in [0.1, 0.15) is 10.8 Å². The third-order valence-electron chi connectivity index (χ3n) is 2.33. The molecule has 14 heavy (non-hydrogen) atoms. The molecule has 3 nitrogen and oxygen atoms in total. The number of methoxy groups -OCH3 is 1. The van der Waals surface area contributed by atoms with Gasteiger partial charge in [-0.15, -0.1) is 0 Å². The highest BCUT2D eigenvalue weighted by Gasteiger charge is 2.39. The number of halogens is 1. The topological polar surface area (TPSA) is 31.4 Å². The molecule has 1 unspecified atom stereocenters. The van der Waals surface area contributed by atoms with Gasteiger partial charge in [-0.2, -0.15) is 0 Å². The Bertz CT molecular complexity index is 365. The summed E-state index contributed by atoms with van der Waals surface area (Å²) in [7, 11) is 1.62. The van der Waals surface area contributed by atoms with Gasteiger partial charge in [-0.1, -0.05) is 11.6 Å². The van der Waals surface area contributed by atoms with Gasteiger partial charge in [0.2, 0.25) is 0 Å². The number of rotatable bonds is 1. The van der Waals surface area contributed by atoms with E-state index in [4.69, 9.17) is 21.1 Å². The Morgan fingerprint density at radius 2 is 2.21 bits per heavy atom. The van der Waals surface area contributed by atoms with Crippen LogP contribution in [0.1, 0.15) is 31.4 Å². The van der Waals surface area contributed by atoms with E-state index in [0.29, 0.717) is 5.15 Å². The Morgan fingerprint density at radius 3 is 2.86 bits per heavy atom. The van der Waals surface area contributed by atoms with Crippen LogP contribution in [0.25, 0.3) is 0 Å². The van der Waals surface area contributed by atoms with Crippen molar-refractivity contribution >= 4 is 11.6 Å². The molecule has 0 aromatic carbocycles. The highest BCUT2D eigenvalue weighted by atomic mass is 35.5. The lowest BCUT2D eigenvalue weighted by molar-refractivity contribution is -0.175. The molecule has 0 aliphatic carbocycles. The maximum absolute atomic E-state index is 5.83. The van der Waals surface area contributed by atoms with Crippen LogP contribution in [0.4, 0.5) is 0 Å². The zero-order valence-corrected chi connectivity index (χ0v) is 9.13. The van der Waals surface area contributed by atoms with Crippen LogP contribution in [0, 0.1) is 0 Å². The van der Waals surface area contributed by atoms with Crippen molar-refractivity contribution in [3.05, 3.63) is 28.5 Å². The van der Waals surface area contributed by atoms with Crippen LogP contribution in [-0.2, 0) is 15.1 Å². The highest BCUT2D eigenvalue weighted by molar-refractivity contribution is 6.29. The van der Waals surface area contributed by atoms with Crippen LogP contribution in [0.3, 0.4) is 0 Å². The second-order valence-electron chi connectivity index (χ2n) is 3.77. The van der Waals surface area contributed by atoms with Gasteiger partial charge in [-0.05, 0) is 26.0 Å². The molecule has 0 fully saturated rings. The van der Waals surface area contributed by atoms with Gasteiger partial charge in [0.05, 0.1) is 5.69 Å². The molecular formula is C10H12ClNO2. The predicted octanol–water partition coefficient (Wildman–Crippen LogP) is 2.65. The summed E-state index contributed by atoms with van der Waals surface area (Å²) in [6, 6.07) is 3.64. The fourth-order valence-electron chi connectivity index (χ4n) is 1.68. The summed E-state index contributed by atoms with van der Waals surface area (Å²) < 4.78 is 10.9. The van der Waals surface area contributed by atoms with Gasteiger partial charge in [0.15, 0.2) is 6.29 Å². The zero-order valence-electron chi connectivity index (χ0n) is 8.37. The average Bonchev–Trinajstić information content (AvgIpc) is 2.38. The van der Waals surface area contributed by atoms with Crippen molar-refractivity contribution in [2.75, 3.05) is 7.11 Å². The minimum atomic E-state index is -0.430. The molecule has 0 spiro atoms. The molecule has 0 saturated heterocycles. The lowest BCUT2D eigenvalue weighted by Gasteiger charge is -2.18. The summed E-state index contributed by atoms with van der Waals surface area (Å²) in [5.74, 6) is 0. The Hall–Kier alpha value is -0.640. The van der Waals surface area contributed by atoms with Gasteiger partial charge in [-0.3, -0.25) is 0 Å². The normalized spacial score (nSPS) is 23.6. The summed E-state index contributed by atoms with van der Waals surface area (Å²) in [5, 5.41) is 0.483. The second-order valence-corrected chi connectivity index (χ2v) is 4.15. The Labute approximate surface area is 88.0 Å². The summed E-state index contributed by atoms with van der Waals surface area (Å²) >= 11 is 5.83. The van der Waals surface area contributed by atoms with E-state index < -0.39 is 5.60 Å². The number of fused-ring (bicyclic) bond motifs is 1. The Morgan fingerprint density at radius 1 is 1.50 bits per heavy atom. The zero-order chi connectivity index (χ0) is 10.3. The molecule has 0 N–H and O–H groups in total. The third-order valence-corrected chi connectivity index (χ3v) is 2.54. The smallest absolute Gasteiger partial charge is 0.186 e. The summed E-state index contributed by atoms with van der Waals surface area (Å²) in [6.45, 7) is 3.91. The van der Waals surface area contributed by atoms with Crippen LogP contribution in [0.5, 0.6) is 0 Å².